The van der Waals surface area contributed by atoms with E-state index in [1.54, 1.807) is 26.0 Å². The van der Waals surface area contributed by atoms with E-state index in [-0.39, 0.29) is 17.2 Å². The maximum Gasteiger partial charge on any atom is 0.255 e. The minimum Gasteiger partial charge on any atom is -0.383 e. The number of amides is 1. The normalized spacial score (nSPS) is 12.0. The molecule has 0 radical (unpaired) electrons. The van der Waals surface area contributed by atoms with Crippen molar-refractivity contribution in [3.8, 4) is 0 Å². The zero-order valence-corrected chi connectivity index (χ0v) is 11.7. The second kappa shape index (κ2) is 5.87. The molecule has 6 heteroatoms. The molecule has 1 amide bonds. The number of carbonyl (C=O) groups excluding carboxylic acids is 1. The van der Waals surface area contributed by atoms with Crippen LogP contribution in [0.4, 0.5) is 14.6 Å². The lowest BCUT2D eigenvalue weighted by Gasteiger charge is -2.15. The molecule has 1 aromatic carbocycles. The standard InChI is InChI=1S/C15H15F2N3O/c1-8-3-4-10(5-13(8)17)9(2)20-15(21)12-6-11(16)7-19-14(12)18/h3-7,9H,1-2H3,(H2,18,19)(H,20,21). The van der Waals surface area contributed by atoms with Gasteiger partial charge in [-0.25, -0.2) is 13.8 Å². The lowest BCUT2D eigenvalue weighted by molar-refractivity contribution is 0.0940. The minimum atomic E-state index is -0.650. The predicted octanol–water partition coefficient (Wildman–Crippen LogP) is 2.74. The van der Waals surface area contributed by atoms with Gasteiger partial charge in [0.05, 0.1) is 17.8 Å². The Hall–Kier alpha value is -2.50. The number of hydrogen-bond acceptors (Lipinski definition) is 3. The Bertz CT molecular complexity index is 689. The first-order valence-corrected chi connectivity index (χ1v) is 6.36. The maximum absolute atomic E-state index is 13.5. The van der Waals surface area contributed by atoms with Gasteiger partial charge in [0, 0.05) is 0 Å². The van der Waals surface area contributed by atoms with Crippen LogP contribution in [-0.2, 0) is 0 Å². The summed E-state index contributed by atoms with van der Waals surface area (Å²) in [4.78, 5) is 15.6. The summed E-state index contributed by atoms with van der Waals surface area (Å²) in [5.41, 5.74) is 6.63. The highest BCUT2D eigenvalue weighted by Crippen LogP contribution is 2.18. The van der Waals surface area contributed by atoms with Gasteiger partial charge >= 0.3 is 0 Å². The van der Waals surface area contributed by atoms with E-state index in [9.17, 15) is 13.6 Å². The quantitative estimate of drug-likeness (QED) is 0.913. The first-order valence-electron chi connectivity index (χ1n) is 6.36. The molecule has 1 heterocycles. The van der Waals surface area contributed by atoms with Crippen molar-refractivity contribution in [1.82, 2.24) is 10.3 Å². The van der Waals surface area contributed by atoms with Crippen molar-refractivity contribution < 1.29 is 13.6 Å². The highest BCUT2D eigenvalue weighted by Gasteiger charge is 2.16. The Morgan fingerprint density at radius 3 is 2.71 bits per heavy atom. The second-order valence-electron chi connectivity index (χ2n) is 4.79. The molecule has 0 bridgehead atoms. The van der Waals surface area contributed by atoms with Crippen molar-refractivity contribution in [2.24, 2.45) is 0 Å². The van der Waals surface area contributed by atoms with Crippen LogP contribution in [0.15, 0.2) is 30.5 Å². The Morgan fingerprint density at radius 1 is 1.33 bits per heavy atom. The van der Waals surface area contributed by atoms with Gasteiger partial charge in [-0.15, -0.1) is 0 Å². The van der Waals surface area contributed by atoms with Gasteiger partial charge < -0.3 is 11.1 Å². The molecule has 2 aromatic rings. The number of hydrogen-bond donors (Lipinski definition) is 2. The van der Waals surface area contributed by atoms with Gasteiger partial charge in [-0.2, -0.15) is 0 Å². The van der Waals surface area contributed by atoms with Crippen LogP contribution in [0, 0.1) is 18.6 Å². The number of halogens is 2. The summed E-state index contributed by atoms with van der Waals surface area (Å²) in [6.07, 6.45) is 0.935. The largest absolute Gasteiger partial charge is 0.383 e. The summed E-state index contributed by atoms with van der Waals surface area (Å²) >= 11 is 0. The highest BCUT2D eigenvalue weighted by molar-refractivity contribution is 5.98. The molecule has 1 aromatic heterocycles. The van der Waals surface area contributed by atoms with Gasteiger partial charge in [0.2, 0.25) is 0 Å². The van der Waals surface area contributed by atoms with Crippen molar-refractivity contribution in [1.29, 1.82) is 0 Å². The summed E-state index contributed by atoms with van der Waals surface area (Å²) in [6, 6.07) is 5.27. The molecule has 21 heavy (non-hydrogen) atoms. The fraction of sp³-hybridized carbons (Fsp3) is 0.200. The lowest BCUT2D eigenvalue weighted by Crippen LogP contribution is -2.27. The SMILES string of the molecule is Cc1ccc(C(C)NC(=O)c2cc(F)cnc2N)cc1F. The molecule has 0 saturated heterocycles. The molecule has 1 unspecified atom stereocenters. The smallest absolute Gasteiger partial charge is 0.255 e. The van der Waals surface area contributed by atoms with Gasteiger partial charge in [0.25, 0.3) is 5.91 Å². The van der Waals surface area contributed by atoms with Crippen molar-refractivity contribution in [2.75, 3.05) is 5.73 Å². The Kier molecular flexibility index (Phi) is 4.16. The average Bonchev–Trinajstić information content (AvgIpc) is 2.44. The molecular weight excluding hydrogens is 276 g/mol. The number of anilines is 1. The molecule has 1 atom stereocenters. The lowest BCUT2D eigenvalue weighted by atomic mass is 10.1. The van der Waals surface area contributed by atoms with Crippen LogP contribution in [0.1, 0.15) is 34.5 Å². The van der Waals surface area contributed by atoms with Crippen LogP contribution in [-0.4, -0.2) is 10.9 Å². The summed E-state index contributed by atoms with van der Waals surface area (Å²) in [5, 5.41) is 2.63. The number of nitrogens with one attached hydrogen (secondary N) is 1. The van der Waals surface area contributed by atoms with E-state index in [0.29, 0.717) is 11.1 Å². The summed E-state index contributed by atoms with van der Waals surface area (Å²) in [7, 11) is 0. The summed E-state index contributed by atoms with van der Waals surface area (Å²) in [5.74, 6) is -1.62. The molecule has 0 aliphatic carbocycles. The molecule has 3 N–H and O–H groups in total. The van der Waals surface area contributed by atoms with E-state index < -0.39 is 17.8 Å². The third kappa shape index (κ3) is 3.34. The van der Waals surface area contributed by atoms with E-state index in [0.717, 1.165) is 12.3 Å². The molecule has 0 aliphatic heterocycles. The number of nitrogens with zero attached hydrogens (tertiary/aromatic N) is 1. The minimum absolute atomic E-state index is 0.0468. The molecule has 0 spiro atoms. The molecule has 0 saturated carbocycles. The number of pyridine rings is 1. The van der Waals surface area contributed by atoms with Crippen LogP contribution < -0.4 is 11.1 Å². The number of rotatable bonds is 3. The maximum atomic E-state index is 13.5. The average molecular weight is 291 g/mol. The number of nitrogen functional groups attached to an aromatic ring is 1. The number of aryl methyl sites for hydroxylation is 1. The van der Waals surface area contributed by atoms with Crippen LogP contribution >= 0.6 is 0 Å². The number of nitrogens with two attached hydrogens (primary N) is 1. The number of carbonyl (C=O) groups is 1. The van der Waals surface area contributed by atoms with Gasteiger partial charge in [0.15, 0.2) is 0 Å². The molecule has 2 rings (SSSR count). The van der Waals surface area contributed by atoms with E-state index >= 15 is 0 Å². The second-order valence-corrected chi connectivity index (χ2v) is 4.79. The predicted molar refractivity (Wildman–Crippen MR) is 75.6 cm³/mol. The van der Waals surface area contributed by atoms with Gasteiger partial charge in [-0.3, -0.25) is 4.79 Å². The van der Waals surface area contributed by atoms with Gasteiger partial charge in [0.1, 0.15) is 17.5 Å². The van der Waals surface area contributed by atoms with E-state index in [1.807, 2.05) is 0 Å². The fourth-order valence-corrected chi connectivity index (χ4v) is 1.87. The Labute approximate surface area is 121 Å². The first-order chi connectivity index (χ1) is 9.88. The third-order valence-electron chi connectivity index (χ3n) is 3.17. The van der Waals surface area contributed by atoms with E-state index in [2.05, 4.69) is 10.3 Å². The summed E-state index contributed by atoms with van der Waals surface area (Å²) < 4.78 is 26.6. The molecular formula is C15H15F2N3O. The molecule has 4 nitrogen and oxygen atoms in total. The van der Waals surface area contributed by atoms with Crippen LogP contribution in [0.3, 0.4) is 0 Å². The molecule has 110 valence electrons. The number of benzene rings is 1. The zero-order chi connectivity index (χ0) is 15.6. The Morgan fingerprint density at radius 2 is 2.05 bits per heavy atom. The van der Waals surface area contributed by atoms with Crippen molar-refractivity contribution >= 4 is 11.7 Å². The van der Waals surface area contributed by atoms with Crippen molar-refractivity contribution in [3.05, 3.63) is 58.8 Å². The van der Waals surface area contributed by atoms with Crippen molar-refractivity contribution in [3.63, 3.8) is 0 Å². The van der Waals surface area contributed by atoms with Gasteiger partial charge in [-0.1, -0.05) is 12.1 Å². The summed E-state index contributed by atoms with van der Waals surface area (Å²) in [6.45, 7) is 3.35. The molecule has 0 aliphatic rings. The van der Waals surface area contributed by atoms with Crippen LogP contribution in [0.25, 0.3) is 0 Å². The molecule has 0 fully saturated rings. The van der Waals surface area contributed by atoms with E-state index in [1.165, 1.54) is 6.07 Å². The first kappa shape index (κ1) is 14.9. The Balaban J connectivity index is 2.18. The zero-order valence-electron chi connectivity index (χ0n) is 11.7. The third-order valence-corrected chi connectivity index (χ3v) is 3.17. The van der Waals surface area contributed by atoms with Crippen LogP contribution in [0.2, 0.25) is 0 Å². The number of aromatic nitrogens is 1. The van der Waals surface area contributed by atoms with E-state index in [4.69, 9.17) is 5.73 Å². The monoisotopic (exact) mass is 291 g/mol. The van der Waals surface area contributed by atoms with Crippen molar-refractivity contribution in [2.45, 2.75) is 19.9 Å². The van der Waals surface area contributed by atoms with Crippen LogP contribution in [0.5, 0.6) is 0 Å². The fourth-order valence-electron chi connectivity index (χ4n) is 1.87. The van der Waals surface area contributed by atoms with Gasteiger partial charge in [-0.05, 0) is 37.1 Å². The highest BCUT2D eigenvalue weighted by atomic mass is 19.1. The topological polar surface area (TPSA) is 68.0 Å².